The number of ether oxygens (including phenoxy) is 1. The molecular weight excluding hydrogens is 367 g/mol. The van der Waals surface area contributed by atoms with Gasteiger partial charge in [0.2, 0.25) is 0 Å². The Labute approximate surface area is 152 Å². The maximum atomic E-state index is 11.4. The summed E-state index contributed by atoms with van der Waals surface area (Å²) in [7, 11) is 1.28. The summed E-state index contributed by atoms with van der Waals surface area (Å²) in [6.07, 6.45) is 1.48. The fraction of sp³-hybridized carbons (Fsp3) is 0.133. The van der Waals surface area contributed by atoms with Crippen LogP contribution in [-0.2, 0) is 4.74 Å². The first-order valence-corrected chi connectivity index (χ1v) is 7.80. The number of nitrogens with zero attached hydrogens (tertiary/aromatic N) is 5. The van der Waals surface area contributed by atoms with Crippen LogP contribution in [0.2, 0.25) is 10.0 Å². The van der Waals surface area contributed by atoms with Crippen LogP contribution in [-0.4, -0.2) is 38.0 Å². The number of aryl methyl sites for hydroxylation is 1. The Kier molecular flexibility index (Phi) is 4.82. The fourth-order valence-electron chi connectivity index (χ4n) is 2.06. The molecular formula is C15H12Cl2N6O2. The zero-order valence-electron chi connectivity index (χ0n) is 13.2. The number of methoxy groups -OCH3 is 1. The van der Waals surface area contributed by atoms with Gasteiger partial charge in [-0.25, -0.2) is 9.78 Å². The lowest BCUT2D eigenvalue weighted by atomic mass is 10.4. The van der Waals surface area contributed by atoms with Crippen LogP contribution in [0, 0.1) is 6.92 Å². The largest absolute Gasteiger partial charge is 0.464 e. The molecule has 3 rings (SSSR count). The molecule has 0 aromatic carbocycles. The molecule has 3 heterocycles. The van der Waals surface area contributed by atoms with E-state index in [1.54, 1.807) is 18.2 Å². The topological polar surface area (TPSA) is 94.8 Å². The van der Waals surface area contributed by atoms with Gasteiger partial charge in [-0.1, -0.05) is 23.2 Å². The first-order chi connectivity index (χ1) is 12.0. The summed E-state index contributed by atoms with van der Waals surface area (Å²) in [4.78, 5) is 15.6. The highest BCUT2D eigenvalue weighted by Gasteiger charge is 2.14. The average molecular weight is 379 g/mol. The average Bonchev–Trinajstić information content (AvgIpc) is 2.95. The summed E-state index contributed by atoms with van der Waals surface area (Å²) in [5.74, 6) is 0.853. The van der Waals surface area contributed by atoms with Crippen LogP contribution < -0.4 is 5.32 Å². The van der Waals surface area contributed by atoms with Crippen LogP contribution >= 0.6 is 23.2 Å². The molecule has 25 heavy (non-hydrogen) atoms. The Hall–Kier alpha value is -2.71. The van der Waals surface area contributed by atoms with E-state index in [-0.39, 0.29) is 5.69 Å². The van der Waals surface area contributed by atoms with Gasteiger partial charge >= 0.3 is 5.97 Å². The molecule has 0 saturated carbocycles. The highest BCUT2D eigenvalue weighted by Crippen LogP contribution is 2.26. The normalized spacial score (nSPS) is 10.6. The summed E-state index contributed by atoms with van der Waals surface area (Å²) in [5.41, 5.74) is 0.856. The highest BCUT2D eigenvalue weighted by atomic mass is 35.5. The van der Waals surface area contributed by atoms with Gasteiger partial charge in [0.1, 0.15) is 5.82 Å². The molecule has 0 aliphatic heterocycles. The van der Waals surface area contributed by atoms with Crippen molar-refractivity contribution < 1.29 is 9.53 Å². The third kappa shape index (κ3) is 3.70. The number of carbonyl (C=O) groups excluding carboxylic acids is 1. The lowest BCUT2D eigenvalue weighted by Crippen LogP contribution is -2.08. The molecule has 3 aromatic heterocycles. The summed E-state index contributed by atoms with van der Waals surface area (Å²) in [6, 6.07) is 6.48. The molecule has 0 aliphatic carbocycles. The Bertz CT molecular complexity index is 926. The number of pyridine rings is 1. The summed E-state index contributed by atoms with van der Waals surface area (Å²) < 4.78 is 6.12. The van der Waals surface area contributed by atoms with Crippen molar-refractivity contribution in [2.75, 3.05) is 12.4 Å². The van der Waals surface area contributed by atoms with Gasteiger partial charge in [0.25, 0.3) is 0 Å². The number of halogens is 2. The number of hydrogen-bond donors (Lipinski definition) is 1. The summed E-state index contributed by atoms with van der Waals surface area (Å²) >= 11 is 12.1. The predicted molar refractivity (Wildman–Crippen MR) is 92.8 cm³/mol. The van der Waals surface area contributed by atoms with Crippen molar-refractivity contribution in [2.45, 2.75) is 6.92 Å². The third-order valence-corrected chi connectivity index (χ3v) is 3.62. The van der Waals surface area contributed by atoms with Crippen molar-refractivity contribution in [1.82, 2.24) is 25.0 Å². The van der Waals surface area contributed by atoms with Crippen LogP contribution in [0.15, 0.2) is 30.5 Å². The lowest BCUT2D eigenvalue weighted by Gasteiger charge is -2.09. The van der Waals surface area contributed by atoms with Gasteiger partial charge in [0, 0.05) is 12.3 Å². The van der Waals surface area contributed by atoms with Crippen molar-refractivity contribution in [3.8, 4) is 5.82 Å². The number of rotatable bonds is 4. The minimum atomic E-state index is -0.558. The highest BCUT2D eigenvalue weighted by molar-refractivity contribution is 6.35. The van der Waals surface area contributed by atoms with Gasteiger partial charge in [0.05, 0.1) is 22.8 Å². The van der Waals surface area contributed by atoms with E-state index < -0.39 is 5.97 Å². The molecule has 10 heteroatoms. The van der Waals surface area contributed by atoms with Crippen molar-refractivity contribution in [1.29, 1.82) is 0 Å². The zero-order valence-corrected chi connectivity index (χ0v) is 14.7. The zero-order chi connectivity index (χ0) is 18.0. The molecule has 1 N–H and O–H groups in total. The molecule has 8 nitrogen and oxygen atoms in total. The van der Waals surface area contributed by atoms with Gasteiger partial charge in [-0.15, -0.1) is 10.2 Å². The molecule has 0 radical (unpaired) electrons. The van der Waals surface area contributed by atoms with Crippen molar-refractivity contribution >= 4 is 40.8 Å². The maximum absolute atomic E-state index is 11.4. The number of esters is 1. The van der Waals surface area contributed by atoms with E-state index in [0.717, 1.165) is 5.69 Å². The van der Waals surface area contributed by atoms with E-state index in [2.05, 4.69) is 30.3 Å². The third-order valence-electron chi connectivity index (χ3n) is 3.14. The maximum Gasteiger partial charge on any atom is 0.358 e. The number of aromatic nitrogens is 5. The Morgan fingerprint density at radius 2 is 2.04 bits per heavy atom. The van der Waals surface area contributed by atoms with Crippen LogP contribution in [0.3, 0.4) is 0 Å². The Morgan fingerprint density at radius 1 is 1.24 bits per heavy atom. The molecule has 128 valence electrons. The van der Waals surface area contributed by atoms with E-state index in [9.17, 15) is 4.79 Å². The number of nitrogens with one attached hydrogen (secondary N) is 1. The second-order valence-corrected chi connectivity index (χ2v) is 5.81. The number of hydrogen-bond acceptors (Lipinski definition) is 7. The van der Waals surface area contributed by atoms with Gasteiger partial charge in [-0.05, 0) is 25.1 Å². The minimum Gasteiger partial charge on any atom is -0.464 e. The Morgan fingerprint density at radius 3 is 2.68 bits per heavy atom. The molecule has 0 spiro atoms. The SMILES string of the molecule is COC(=O)c1ccc(Nc2cc(C)nn2-c2ncc(Cl)cc2Cl)nn1. The molecule has 0 fully saturated rings. The van der Waals surface area contributed by atoms with Crippen LogP contribution in [0.5, 0.6) is 0 Å². The van der Waals surface area contributed by atoms with Gasteiger partial charge < -0.3 is 10.1 Å². The Balaban J connectivity index is 1.92. The smallest absolute Gasteiger partial charge is 0.358 e. The quantitative estimate of drug-likeness (QED) is 0.696. The monoisotopic (exact) mass is 378 g/mol. The van der Waals surface area contributed by atoms with Gasteiger partial charge in [-0.3, -0.25) is 0 Å². The van der Waals surface area contributed by atoms with Crippen LogP contribution in [0.1, 0.15) is 16.2 Å². The second kappa shape index (κ2) is 7.04. The van der Waals surface area contributed by atoms with E-state index in [1.165, 1.54) is 24.1 Å². The molecule has 3 aromatic rings. The van der Waals surface area contributed by atoms with E-state index in [0.29, 0.717) is 27.5 Å². The van der Waals surface area contributed by atoms with Gasteiger partial charge in [-0.2, -0.15) is 9.78 Å². The first kappa shape index (κ1) is 17.1. The summed E-state index contributed by atoms with van der Waals surface area (Å²) in [5, 5.41) is 16.0. The van der Waals surface area contributed by atoms with E-state index in [1.807, 2.05) is 6.92 Å². The molecule has 0 unspecified atom stereocenters. The lowest BCUT2D eigenvalue weighted by molar-refractivity contribution is 0.0593. The predicted octanol–water partition coefficient (Wildman–Crippen LogP) is 3.20. The summed E-state index contributed by atoms with van der Waals surface area (Å²) in [6.45, 7) is 1.83. The first-order valence-electron chi connectivity index (χ1n) is 7.05. The van der Waals surface area contributed by atoms with Crippen molar-refractivity contribution in [2.24, 2.45) is 0 Å². The van der Waals surface area contributed by atoms with Crippen molar-refractivity contribution in [3.05, 3.63) is 51.9 Å². The molecule has 0 bridgehead atoms. The van der Waals surface area contributed by atoms with Crippen molar-refractivity contribution in [3.63, 3.8) is 0 Å². The van der Waals surface area contributed by atoms with Crippen LogP contribution in [0.25, 0.3) is 5.82 Å². The second-order valence-electron chi connectivity index (χ2n) is 4.96. The molecule has 0 atom stereocenters. The van der Waals surface area contributed by atoms with Gasteiger partial charge in [0.15, 0.2) is 17.3 Å². The standard InChI is InChI=1S/C15H12Cl2N6O2/c1-8-5-13(19-12-4-3-11(20-21-12)15(24)25-2)23(22-8)14-10(17)6-9(16)7-18-14/h3-7H,1-2H3,(H,19,21). The number of anilines is 2. The molecule has 0 saturated heterocycles. The minimum absolute atomic E-state index is 0.111. The van der Waals surface area contributed by atoms with E-state index >= 15 is 0 Å². The fourth-order valence-corrected chi connectivity index (χ4v) is 2.52. The van der Waals surface area contributed by atoms with E-state index in [4.69, 9.17) is 23.2 Å². The van der Waals surface area contributed by atoms with Crippen LogP contribution in [0.4, 0.5) is 11.6 Å². The molecule has 0 aliphatic rings. The molecule has 0 amide bonds. The number of carbonyl (C=O) groups is 1.